The molecule has 0 spiro atoms. The maximum absolute atomic E-state index is 10.1. The highest BCUT2D eigenvalue weighted by Gasteiger charge is 2.27. The van der Waals surface area contributed by atoms with Crippen molar-refractivity contribution in [3.8, 4) is 5.69 Å². The third kappa shape index (κ3) is 3.13. The molecular formula is C21H14BCl2NO2S. The molecule has 1 aromatic heterocycles. The van der Waals surface area contributed by atoms with Gasteiger partial charge >= 0.3 is 7.12 Å². The van der Waals surface area contributed by atoms with E-state index in [9.17, 15) is 5.02 Å². The van der Waals surface area contributed by atoms with Crippen molar-refractivity contribution in [2.75, 3.05) is 0 Å². The van der Waals surface area contributed by atoms with E-state index in [4.69, 9.17) is 27.9 Å². The minimum Gasteiger partial charge on any atom is -0.423 e. The van der Waals surface area contributed by atoms with E-state index in [0.29, 0.717) is 16.7 Å². The summed E-state index contributed by atoms with van der Waals surface area (Å²) in [6.07, 6.45) is 2.11. The molecule has 0 saturated heterocycles. The van der Waals surface area contributed by atoms with Crippen molar-refractivity contribution in [3.63, 3.8) is 0 Å². The molecule has 1 N–H and O–H groups in total. The molecule has 3 nitrogen and oxygen atoms in total. The second-order valence-electron chi connectivity index (χ2n) is 6.60. The van der Waals surface area contributed by atoms with Crippen LogP contribution in [-0.4, -0.2) is 16.7 Å². The Labute approximate surface area is 177 Å². The van der Waals surface area contributed by atoms with Crippen molar-refractivity contribution < 1.29 is 9.68 Å². The van der Waals surface area contributed by atoms with Gasteiger partial charge in [0.1, 0.15) is 0 Å². The van der Waals surface area contributed by atoms with E-state index in [0.717, 1.165) is 37.4 Å². The zero-order chi connectivity index (χ0) is 19.3. The monoisotopic (exact) mass is 425 g/mol. The first-order valence-electron chi connectivity index (χ1n) is 8.76. The number of benzene rings is 3. The first-order valence-corrected chi connectivity index (χ1v) is 10.3. The van der Waals surface area contributed by atoms with Crippen LogP contribution in [0.15, 0.2) is 76.7 Å². The van der Waals surface area contributed by atoms with Crippen LogP contribution in [0.2, 0.25) is 10.0 Å². The number of nitrogens with zero attached hydrogens (tertiary/aromatic N) is 1. The summed E-state index contributed by atoms with van der Waals surface area (Å²) in [5, 5.41) is 12.3. The quantitative estimate of drug-likeness (QED) is 0.452. The first kappa shape index (κ1) is 18.2. The number of para-hydroxylation sites is 1. The van der Waals surface area contributed by atoms with Crippen LogP contribution in [0, 0.1) is 0 Å². The van der Waals surface area contributed by atoms with Crippen LogP contribution < -0.4 is 5.46 Å². The van der Waals surface area contributed by atoms with Crippen molar-refractivity contribution in [2.24, 2.45) is 0 Å². The van der Waals surface area contributed by atoms with Crippen LogP contribution in [0.1, 0.15) is 5.56 Å². The summed E-state index contributed by atoms with van der Waals surface area (Å²) in [4.78, 5) is 2.14. The zero-order valence-corrected chi connectivity index (χ0v) is 16.9. The highest BCUT2D eigenvalue weighted by Crippen LogP contribution is 2.38. The van der Waals surface area contributed by atoms with Crippen molar-refractivity contribution >= 4 is 58.4 Å². The standard InChI is InChI=1S/C21H14BCl2NO2S/c23-18-8-7-15(10-19(18)24)28-21-11-25(20-4-2-1-3-16(20)21)14-6-5-13-12-27-22(26)17(13)9-14/h1-11,26H,12H2. The molecule has 1 aliphatic rings. The minimum atomic E-state index is -0.859. The van der Waals surface area contributed by atoms with Gasteiger partial charge < -0.3 is 14.2 Å². The summed E-state index contributed by atoms with van der Waals surface area (Å²) in [6.45, 7) is 0.446. The van der Waals surface area contributed by atoms with E-state index in [-0.39, 0.29) is 0 Å². The lowest BCUT2D eigenvalue weighted by Gasteiger charge is -2.07. The van der Waals surface area contributed by atoms with Gasteiger partial charge in [-0.1, -0.05) is 59.2 Å². The van der Waals surface area contributed by atoms with Gasteiger partial charge in [-0.15, -0.1) is 0 Å². The molecule has 5 rings (SSSR count). The van der Waals surface area contributed by atoms with Crippen molar-refractivity contribution in [2.45, 2.75) is 16.4 Å². The Kier molecular flexibility index (Phi) is 4.65. The van der Waals surface area contributed by atoms with E-state index < -0.39 is 7.12 Å². The second-order valence-corrected chi connectivity index (χ2v) is 8.53. The topological polar surface area (TPSA) is 34.4 Å². The average molecular weight is 426 g/mol. The molecule has 0 bridgehead atoms. The van der Waals surface area contributed by atoms with E-state index >= 15 is 0 Å². The smallest absolute Gasteiger partial charge is 0.423 e. The zero-order valence-electron chi connectivity index (χ0n) is 14.6. The summed E-state index contributed by atoms with van der Waals surface area (Å²) in [5.74, 6) is 0. The Bertz CT molecular complexity index is 1210. The minimum absolute atomic E-state index is 0.446. The average Bonchev–Trinajstić information content (AvgIpc) is 3.26. The number of hydrogen-bond donors (Lipinski definition) is 1. The van der Waals surface area contributed by atoms with Crippen molar-refractivity contribution in [1.82, 2.24) is 4.57 Å². The number of rotatable bonds is 3. The molecule has 1 aliphatic heterocycles. The van der Waals surface area contributed by atoms with Crippen molar-refractivity contribution in [1.29, 1.82) is 0 Å². The van der Waals surface area contributed by atoms with Gasteiger partial charge in [0, 0.05) is 27.1 Å². The van der Waals surface area contributed by atoms with Crippen LogP contribution in [0.25, 0.3) is 16.6 Å². The predicted octanol–water partition coefficient (Wildman–Crippen LogP) is 5.31. The number of aromatic nitrogens is 1. The molecule has 0 atom stereocenters. The highest BCUT2D eigenvalue weighted by atomic mass is 35.5. The number of hydrogen-bond acceptors (Lipinski definition) is 3. The Morgan fingerprint density at radius 1 is 1.00 bits per heavy atom. The summed E-state index contributed by atoms with van der Waals surface area (Å²) in [5.41, 5.74) is 3.94. The van der Waals surface area contributed by atoms with Gasteiger partial charge in [-0.3, -0.25) is 0 Å². The molecule has 0 radical (unpaired) electrons. The lowest BCUT2D eigenvalue weighted by molar-refractivity contribution is 0.275. The molecule has 0 amide bonds. The van der Waals surface area contributed by atoms with Gasteiger partial charge in [-0.25, -0.2) is 0 Å². The summed E-state index contributed by atoms with van der Waals surface area (Å²) < 4.78 is 7.46. The van der Waals surface area contributed by atoms with Crippen LogP contribution in [0.3, 0.4) is 0 Å². The highest BCUT2D eigenvalue weighted by molar-refractivity contribution is 7.99. The molecule has 0 saturated carbocycles. The van der Waals surface area contributed by atoms with Crippen LogP contribution in [0.4, 0.5) is 0 Å². The SMILES string of the molecule is OB1OCc2ccc(-n3cc(Sc4ccc(Cl)c(Cl)c4)c4ccccc43)cc21. The molecule has 0 unspecified atom stereocenters. The van der Waals surface area contributed by atoms with Crippen LogP contribution >= 0.6 is 35.0 Å². The molecule has 4 aromatic rings. The van der Waals surface area contributed by atoms with E-state index in [1.165, 1.54) is 0 Å². The fourth-order valence-corrected chi connectivity index (χ4v) is 4.83. The number of fused-ring (bicyclic) bond motifs is 2. The molecule has 3 aromatic carbocycles. The Morgan fingerprint density at radius 3 is 2.71 bits per heavy atom. The van der Waals surface area contributed by atoms with E-state index in [2.05, 4.69) is 29.0 Å². The maximum atomic E-state index is 10.1. The third-order valence-corrected chi connectivity index (χ3v) is 6.64. The fourth-order valence-electron chi connectivity index (χ4n) is 3.46. The lowest BCUT2D eigenvalue weighted by Crippen LogP contribution is -2.28. The molecule has 0 aliphatic carbocycles. The molecule has 28 heavy (non-hydrogen) atoms. The molecule has 138 valence electrons. The Hall–Kier alpha value is -1.89. The summed E-state index contributed by atoms with van der Waals surface area (Å²) in [6, 6.07) is 20.0. The van der Waals surface area contributed by atoms with Gasteiger partial charge in [0.25, 0.3) is 0 Å². The maximum Gasteiger partial charge on any atom is 0.491 e. The normalized spacial score (nSPS) is 13.3. The molecule has 2 heterocycles. The molecule has 0 fully saturated rings. The van der Waals surface area contributed by atoms with Gasteiger partial charge in [0.15, 0.2) is 0 Å². The van der Waals surface area contributed by atoms with Crippen LogP contribution in [0.5, 0.6) is 0 Å². The van der Waals surface area contributed by atoms with Gasteiger partial charge in [0.05, 0.1) is 22.2 Å². The van der Waals surface area contributed by atoms with Gasteiger partial charge in [0.2, 0.25) is 0 Å². The van der Waals surface area contributed by atoms with Crippen LogP contribution in [-0.2, 0) is 11.3 Å². The van der Waals surface area contributed by atoms with Gasteiger partial charge in [-0.2, -0.15) is 0 Å². The molecular weight excluding hydrogens is 412 g/mol. The first-order chi connectivity index (χ1) is 13.6. The van der Waals surface area contributed by atoms with Gasteiger partial charge in [-0.05, 0) is 47.4 Å². The Balaban J connectivity index is 1.61. The predicted molar refractivity (Wildman–Crippen MR) is 116 cm³/mol. The Morgan fingerprint density at radius 2 is 1.86 bits per heavy atom. The van der Waals surface area contributed by atoms with E-state index in [1.807, 2.05) is 42.5 Å². The lowest BCUT2D eigenvalue weighted by atomic mass is 9.79. The summed E-state index contributed by atoms with van der Waals surface area (Å²) in [7, 11) is -0.859. The van der Waals surface area contributed by atoms with Crippen molar-refractivity contribution in [3.05, 3.63) is 82.5 Å². The summed E-state index contributed by atoms with van der Waals surface area (Å²) >= 11 is 13.9. The largest absolute Gasteiger partial charge is 0.491 e. The number of halogens is 2. The third-order valence-electron chi connectivity index (χ3n) is 4.86. The fraction of sp³-hybridized carbons (Fsp3) is 0.0476. The van der Waals surface area contributed by atoms with E-state index in [1.54, 1.807) is 11.8 Å². The second kappa shape index (κ2) is 7.18. The molecule has 7 heteroatoms.